The lowest BCUT2D eigenvalue weighted by atomic mass is 10.3. The van der Waals surface area contributed by atoms with Crippen molar-refractivity contribution < 1.29 is 4.79 Å². The number of amides is 2. The van der Waals surface area contributed by atoms with Crippen LogP contribution >= 0.6 is 0 Å². The molecular formula is C8H17N3O. The van der Waals surface area contributed by atoms with Gasteiger partial charge in [0.2, 0.25) is 0 Å². The second-order valence-corrected chi connectivity index (χ2v) is 3.33. The van der Waals surface area contributed by atoms with E-state index in [1.807, 2.05) is 11.9 Å². The van der Waals surface area contributed by atoms with E-state index >= 15 is 0 Å². The average molecular weight is 171 g/mol. The maximum atomic E-state index is 11.4. The molecule has 0 aliphatic carbocycles. The molecule has 2 N–H and O–H groups in total. The highest BCUT2D eigenvalue weighted by Gasteiger charge is 2.30. The average Bonchev–Trinajstić information content (AvgIpc) is 2.30. The van der Waals surface area contributed by atoms with Crippen molar-refractivity contribution in [2.45, 2.75) is 19.4 Å². The zero-order chi connectivity index (χ0) is 9.14. The highest BCUT2D eigenvalue weighted by atomic mass is 16.2. The van der Waals surface area contributed by atoms with Gasteiger partial charge in [0.25, 0.3) is 0 Å². The molecule has 70 valence electrons. The minimum atomic E-state index is 0.135. The Kier molecular flexibility index (Phi) is 2.92. The van der Waals surface area contributed by atoms with Gasteiger partial charge in [-0.05, 0) is 19.9 Å². The molecule has 4 heteroatoms. The van der Waals surface area contributed by atoms with Crippen molar-refractivity contribution in [1.29, 1.82) is 0 Å². The molecule has 1 unspecified atom stereocenters. The largest absolute Gasteiger partial charge is 0.330 e. The fourth-order valence-corrected chi connectivity index (χ4v) is 1.40. The first-order chi connectivity index (χ1) is 5.66. The third-order valence-corrected chi connectivity index (χ3v) is 2.35. The van der Waals surface area contributed by atoms with Crippen LogP contribution in [0.2, 0.25) is 0 Å². The van der Waals surface area contributed by atoms with E-state index in [-0.39, 0.29) is 6.03 Å². The molecule has 1 saturated heterocycles. The Bertz CT molecular complexity index is 172. The minimum Gasteiger partial charge on any atom is -0.330 e. The number of urea groups is 1. The SMILES string of the molecule is CC1CN(CCCN)C(=O)N1C. The van der Waals surface area contributed by atoms with E-state index in [2.05, 4.69) is 6.92 Å². The van der Waals surface area contributed by atoms with Crippen LogP contribution in [0, 0.1) is 0 Å². The maximum absolute atomic E-state index is 11.4. The van der Waals surface area contributed by atoms with Crippen LogP contribution in [-0.2, 0) is 0 Å². The molecule has 1 aliphatic rings. The summed E-state index contributed by atoms with van der Waals surface area (Å²) >= 11 is 0. The number of carbonyl (C=O) groups is 1. The molecule has 2 amide bonds. The van der Waals surface area contributed by atoms with Gasteiger partial charge in [0, 0.05) is 26.2 Å². The van der Waals surface area contributed by atoms with Crippen molar-refractivity contribution in [3.63, 3.8) is 0 Å². The van der Waals surface area contributed by atoms with Gasteiger partial charge in [-0.2, -0.15) is 0 Å². The molecule has 1 fully saturated rings. The number of likely N-dealkylation sites (N-methyl/N-ethyl adjacent to an activating group) is 1. The fourth-order valence-electron chi connectivity index (χ4n) is 1.40. The lowest BCUT2D eigenvalue weighted by molar-refractivity contribution is 0.196. The van der Waals surface area contributed by atoms with Crippen LogP contribution < -0.4 is 5.73 Å². The minimum absolute atomic E-state index is 0.135. The summed E-state index contributed by atoms with van der Waals surface area (Å²) in [5, 5.41) is 0. The Balaban J connectivity index is 2.42. The van der Waals surface area contributed by atoms with Gasteiger partial charge in [-0.25, -0.2) is 4.79 Å². The summed E-state index contributed by atoms with van der Waals surface area (Å²) in [5.41, 5.74) is 5.37. The van der Waals surface area contributed by atoms with Crippen LogP contribution in [-0.4, -0.2) is 48.6 Å². The van der Waals surface area contributed by atoms with Crippen molar-refractivity contribution in [2.75, 3.05) is 26.7 Å². The molecule has 12 heavy (non-hydrogen) atoms. The summed E-state index contributed by atoms with van der Waals surface area (Å²) in [6, 6.07) is 0.478. The van der Waals surface area contributed by atoms with Crippen LogP contribution in [0.5, 0.6) is 0 Å². The highest BCUT2D eigenvalue weighted by molar-refractivity contribution is 5.76. The predicted molar refractivity (Wildman–Crippen MR) is 47.9 cm³/mol. The second kappa shape index (κ2) is 3.76. The molecule has 0 aromatic heterocycles. The van der Waals surface area contributed by atoms with Crippen LogP contribution in [0.4, 0.5) is 4.79 Å². The smallest absolute Gasteiger partial charge is 0.320 e. The predicted octanol–water partition coefficient (Wildman–Crippen LogP) is 0.0911. The zero-order valence-corrected chi connectivity index (χ0v) is 7.79. The van der Waals surface area contributed by atoms with Gasteiger partial charge in [-0.1, -0.05) is 0 Å². The first-order valence-electron chi connectivity index (χ1n) is 4.38. The third-order valence-electron chi connectivity index (χ3n) is 2.35. The van der Waals surface area contributed by atoms with Gasteiger partial charge in [0.05, 0.1) is 0 Å². The molecular weight excluding hydrogens is 154 g/mol. The number of hydrogen-bond acceptors (Lipinski definition) is 2. The summed E-state index contributed by atoms with van der Waals surface area (Å²) in [7, 11) is 1.84. The number of nitrogens with two attached hydrogens (primary N) is 1. The quantitative estimate of drug-likeness (QED) is 0.654. The third kappa shape index (κ3) is 1.69. The Morgan fingerprint density at radius 3 is 2.75 bits per heavy atom. The van der Waals surface area contributed by atoms with Gasteiger partial charge in [0.15, 0.2) is 0 Å². The van der Waals surface area contributed by atoms with Crippen molar-refractivity contribution in [1.82, 2.24) is 9.80 Å². The standard InChI is InChI=1S/C8H17N3O/c1-7-6-11(5-3-4-9)8(12)10(7)2/h7H,3-6,9H2,1-2H3. The zero-order valence-electron chi connectivity index (χ0n) is 7.79. The topological polar surface area (TPSA) is 49.6 Å². The van der Waals surface area contributed by atoms with Crippen molar-refractivity contribution >= 4 is 6.03 Å². The Hall–Kier alpha value is -0.770. The fraction of sp³-hybridized carbons (Fsp3) is 0.875. The normalized spacial score (nSPS) is 23.9. The monoisotopic (exact) mass is 171 g/mol. The molecule has 1 rings (SSSR count). The van der Waals surface area contributed by atoms with Crippen LogP contribution in [0.3, 0.4) is 0 Å². The molecule has 0 radical (unpaired) electrons. The molecule has 4 nitrogen and oxygen atoms in total. The van der Waals surface area contributed by atoms with Gasteiger partial charge in [0.1, 0.15) is 0 Å². The molecule has 1 heterocycles. The van der Waals surface area contributed by atoms with Crippen LogP contribution in [0.1, 0.15) is 13.3 Å². The van der Waals surface area contributed by atoms with E-state index in [1.165, 1.54) is 0 Å². The number of rotatable bonds is 3. The van der Waals surface area contributed by atoms with Gasteiger partial charge < -0.3 is 15.5 Å². The Labute approximate surface area is 73.3 Å². The van der Waals surface area contributed by atoms with Crippen molar-refractivity contribution in [2.24, 2.45) is 5.73 Å². The number of hydrogen-bond donors (Lipinski definition) is 1. The van der Waals surface area contributed by atoms with Crippen molar-refractivity contribution in [3.05, 3.63) is 0 Å². The number of nitrogens with zero attached hydrogens (tertiary/aromatic N) is 2. The molecule has 0 saturated carbocycles. The van der Waals surface area contributed by atoms with Gasteiger partial charge in [-0.3, -0.25) is 0 Å². The van der Waals surface area contributed by atoms with Crippen LogP contribution in [0.25, 0.3) is 0 Å². The molecule has 1 aliphatic heterocycles. The summed E-state index contributed by atoms with van der Waals surface area (Å²) in [5.74, 6) is 0. The maximum Gasteiger partial charge on any atom is 0.320 e. The molecule has 0 spiro atoms. The first kappa shape index (κ1) is 9.32. The lowest BCUT2D eigenvalue weighted by Gasteiger charge is -2.14. The Morgan fingerprint density at radius 2 is 2.33 bits per heavy atom. The molecule has 0 aromatic rings. The number of carbonyl (C=O) groups excluding carboxylic acids is 1. The van der Waals surface area contributed by atoms with Crippen LogP contribution in [0.15, 0.2) is 0 Å². The van der Waals surface area contributed by atoms with E-state index in [4.69, 9.17) is 5.73 Å². The summed E-state index contributed by atoms with van der Waals surface area (Å²) in [4.78, 5) is 15.1. The van der Waals surface area contributed by atoms with Gasteiger partial charge >= 0.3 is 6.03 Å². The molecule has 0 bridgehead atoms. The van der Waals surface area contributed by atoms with E-state index in [1.54, 1.807) is 4.90 Å². The van der Waals surface area contributed by atoms with Gasteiger partial charge in [-0.15, -0.1) is 0 Å². The molecule has 0 aromatic carbocycles. The summed E-state index contributed by atoms with van der Waals surface area (Å²) in [6.45, 7) is 4.35. The first-order valence-corrected chi connectivity index (χ1v) is 4.38. The van der Waals surface area contributed by atoms with E-state index < -0.39 is 0 Å². The lowest BCUT2D eigenvalue weighted by Crippen LogP contribution is -2.31. The summed E-state index contributed by atoms with van der Waals surface area (Å²) < 4.78 is 0. The van der Waals surface area contributed by atoms with E-state index in [0.717, 1.165) is 19.5 Å². The van der Waals surface area contributed by atoms with E-state index in [0.29, 0.717) is 12.6 Å². The van der Waals surface area contributed by atoms with E-state index in [9.17, 15) is 4.79 Å². The second-order valence-electron chi connectivity index (χ2n) is 3.33. The van der Waals surface area contributed by atoms with Crippen molar-refractivity contribution in [3.8, 4) is 0 Å². The Morgan fingerprint density at radius 1 is 1.67 bits per heavy atom. The highest BCUT2D eigenvalue weighted by Crippen LogP contribution is 2.12. The summed E-state index contributed by atoms with van der Waals surface area (Å²) in [6.07, 6.45) is 0.895. The molecule has 1 atom stereocenters.